The van der Waals surface area contributed by atoms with Crippen LogP contribution < -0.4 is 10.5 Å². The lowest BCUT2D eigenvalue weighted by molar-refractivity contribution is 0.0831. The van der Waals surface area contributed by atoms with E-state index in [4.69, 9.17) is 10.5 Å². The Balaban J connectivity index is 1.77. The summed E-state index contributed by atoms with van der Waals surface area (Å²) in [5, 5.41) is 0. The monoisotopic (exact) mass is 266 g/mol. The molecule has 0 aromatic heterocycles. The quantitative estimate of drug-likeness (QED) is 0.908. The Bertz CT molecular complexity index is 422. The van der Waals surface area contributed by atoms with Crippen LogP contribution in [0.2, 0.25) is 0 Å². The first-order valence-electron chi connectivity index (χ1n) is 6.84. The van der Waals surface area contributed by atoms with Crippen LogP contribution in [0.15, 0.2) is 24.3 Å². The van der Waals surface area contributed by atoms with Crippen molar-refractivity contribution in [1.29, 1.82) is 0 Å². The Morgan fingerprint density at radius 3 is 2.95 bits per heavy atom. The highest BCUT2D eigenvalue weighted by molar-refractivity contribution is 5.22. The molecule has 0 spiro atoms. The summed E-state index contributed by atoms with van der Waals surface area (Å²) in [5.74, 6) is 0.329. The number of piperidine rings is 1. The largest absolute Gasteiger partial charge is 0.492 e. The summed E-state index contributed by atoms with van der Waals surface area (Å²) >= 11 is 0. The van der Waals surface area contributed by atoms with Crippen LogP contribution in [0.4, 0.5) is 4.39 Å². The van der Waals surface area contributed by atoms with Crippen LogP contribution in [0.5, 0.6) is 5.75 Å². The van der Waals surface area contributed by atoms with E-state index in [-0.39, 0.29) is 17.3 Å². The molecule has 0 radical (unpaired) electrons. The molecule has 0 aliphatic carbocycles. The van der Waals surface area contributed by atoms with Gasteiger partial charge in [-0.05, 0) is 30.5 Å². The maximum Gasteiger partial charge on any atom is 0.126 e. The minimum atomic E-state index is -0.262. The van der Waals surface area contributed by atoms with E-state index in [1.54, 1.807) is 12.1 Å². The smallest absolute Gasteiger partial charge is 0.126 e. The first kappa shape index (κ1) is 14.3. The molecular weight excluding hydrogens is 243 g/mol. The van der Waals surface area contributed by atoms with E-state index in [0.717, 1.165) is 26.1 Å². The van der Waals surface area contributed by atoms with Gasteiger partial charge in [0.05, 0.1) is 0 Å². The van der Waals surface area contributed by atoms with Crippen LogP contribution >= 0.6 is 0 Å². The molecule has 2 N–H and O–H groups in total. The molecule has 4 heteroatoms. The van der Waals surface area contributed by atoms with E-state index in [1.165, 1.54) is 12.1 Å². The highest BCUT2D eigenvalue weighted by Gasteiger charge is 2.32. The molecule has 1 aliphatic heterocycles. The summed E-state index contributed by atoms with van der Waals surface area (Å²) in [5.41, 5.74) is 6.26. The maximum absolute atomic E-state index is 13.0. The second kappa shape index (κ2) is 5.88. The summed E-state index contributed by atoms with van der Waals surface area (Å²) in [7, 11) is 0. The summed E-state index contributed by atoms with van der Waals surface area (Å²) in [6.07, 6.45) is 1.02. The first-order chi connectivity index (χ1) is 8.97. The van der Waals surface area contributed by atoms with E-state index in [1.807, 2.05) is 0 Å². The molecular formula is C15H23FN2O. The number of hydrogen-bond acceptors (Lipinski definition) is 3. The van der Waals surface area contributed by atoms with Gasteiger partial charge in [-0.15, -0.1) is 0 Å². The summed E-state index contributed by atoms with van der Waals surface area (Å²) in [6, 6.07) is 6.54. The van der Waals surface area contributed by atoms with Crippen LogP contribution in [-0.4, -0.2) is 37.2 Å². The number of nitrogens with zero attached hydrogens (tertiary/aromatic N) is 1. The number of benzene rings is 1. The van der Waals surface area contributed by atoms with Gasteiger partial charge in [-0.1, -0.05) is 19.9 Å². The molecule has 1 aromatic carbocycles. The molecule has 2 rings (SSSR count). The predicted molar refractivity (Wildman–Crippen MR) is 74.7 cm³/mol. The summed E-state index contributed by atoms with van der Waals surface area (Å²) in [4.78, 5) is 2.36. The van der Waals surface area contributed by atoms with E-state index >= 15 is 0 Å². The van der Waals surface area contributed by atoms with Gasteiger partial charge >= 0.3 is 0 Å². The highest BCUT2D eigenvalue weighted by atomic mass is 19.1. The zero-order valence-electron chi connectivity index (χ0n) is 11.7. The Morgan fingerprint density at radius 1 is 1.47 bits per heavy atom. The summed E-state index contributed by atoms with van der Waals surface area (Å²) < 4.78 is 18.6. The average Bonchev–Trinajstić information content (AvgIpc) is 2.33. The van der Waals surface area contributed by atoms with Crippen molar-refractivity contribution in [3.8, 4) is 5.75 Å². The normalized spacial score (nSPS) is 23.3. The number of rotatable bonds is 4. The second-order valence-corrected chi connectivity index (χ2v) is 5.97. The van der Waals surface area contributed by atoms with E-state index < -0.39 is 0 Å². The van der Waals surface area contributed by atoms with Gasteiger partial charge in [-0.2, -0.15) is 0 Å². The van der Waals surface area contributed by atoms with Crippen LogP contribution in [0, 0.1) is 11.2 Å². The van der Waals surface area contributed by atoms with Crippen molar-refractivity contribution in [1.82, 2.24) is 4.90 Å². The standard InChI is InChI=1S/C15H23FN2O/c1-15(2)11-18(7-6-14(15)17)8-9-19-13-5-3-4-12(16)10-13/h3-5,10,14H,6-9,11,17H2,1-2H3. The number of likely N-dealkylation sites (tertiary alicyclic amines) is 1. The second-order valence-electron chi connectivity index (χ2n) is 5.97. The molecule has 0 bridgehead atoms. The van der Waals surface area contributed by atoms with E-state index in [0.29, 0.717) is 12.4 Å². The minimum Gasteiger partial charge on any atom is -0.492 e. The predicted octanol–water partition coefficient (Wildman–Crippen LogP) is 2.26. The lowest BCUT2D eigenvalue weighted by Crippen LogP contribution is -2.53. The zero-order chi connectivity index (χ0) is 13.9. The number of hydrogen-bond donors (Lipinski definition) is 1. The van der Waals surface area contributed by atoms with Gasteiger partial charge in [0.1, 0.15) is 18.2 Å². The van der Waals surface area contributed by atoms with Crippen molar-refractivity contribution in [2.75, 3.05) is 26.2 Å². The fourth-order valence-electron chi connectivity index (χ4n) is 2.53. The van der Waals surface area contributed by atoms with Crippen molar-refractivity contribution < 1.29 is 9.13 Å². The molecule has 1 atom stereocenters. The molecule has 0 amide bonds. The summed E-state index contributed by atoms with van der Waals surface area (Å²) in [6.45, 7) is 7.84. The molecule has 1 heterocycles. The molecule has 3 nitrogen and oxygen atoms in total. The lowest BCUT2D eigenvalue weighted by Gasteiger charge is -2.42. The Morgan fingerprint density at radius 2 is 2.26 bits per heavy atom. The Hall–Kier alpha value is -1.13. The third-order valence-corrected chi connectivity index (χ3v) is 3.86. The topological polar surface area (TPSA) is 38.5 Å². The number of nitrogens with two attached hydrogens (primary N) is 1. The van der Waals surface area contributed by atoms with Crippen molar-refractivity contribution in [2.24, 2.45) is 11.1 Å². The molecule has 1 unspecified atom stereocenters. The lowest BCUT2D eigenvalue weighted by atomic mass is 9.80. The average molecular weight is 266 g/mol. The third kappa shape index (κ3) is 3.91. The molecule has 1 aliphatic rings. The van der Waals surface area contributed by atoms with Crippen molar-refractivity contribution in [2.45, 2.75) is 26.3 Å². The van der Waals surface area contributed by atoms with Crippen LogP contribution in [-0.2, 0) is 0 Å². The Kier molecular flexibility index (Phi) is 4.42. The van der Waals surface area contributed by atoms with Crippen molar-refractivity contribution in [3.63, 3.8) is 0 Å². The third-order valence-electron chi connectivity index (χ3n) is 3.86. The highest BCUT2D eigenvalue weighted by Crippen LogP contribution is 2.27. The van der Waals surface area contributed by atoms with Gasteiger partial charge in [-0.3, -0.25) is 4.90 Å². The van der Waals surface area contributed by atoms with E-state index in [2.05, 4.69) is 18.7 Å². The van der Waals surface area contributed by atoms with Crippen molar-refractivity contribution in [3.05, 3.63) is 30.1 Å². The van der Waals surface area contributed by atoms with Gasteiger partial charge < -0.3 is 10.5 Å². The fraction of sp³-hybridized carbons (Fsp3) is 0.600. The van der Waals surface area contributed by atoms with Crippen molar-refractivity contribution >= 4 is 0 Å². The Labute approximate surface area is 114 Å². The van der Waals surface area contributed by atoms with Gasteiger partial charge in [0.25, 0.3) is 0 Å². The molecule has 0 saturated carbocycles. The van der Waals surface area contributed by atoms with Gasteiger partial charge in [0.15, 0.2) is 0 Å². The molecule has 1 aromatic rings. The SMILES string of the molecule is CC1(C)CN(CCOc2cccc(F)c2)CCC1N. The van der Waals surface area contributed by atoms with Gasteiger partial charge in [0, 0.05) is 25.2 Å². The molecule has 19 heavy (non-hydrogen) atoms. The molecule has 106 valence electrons. The van der Waals surface area contributed by atoms with Gasteiger partial charge in [-0.25, -0.2) is 4.39 Å². The van der Waals surface area contributed by atoms with Crippen LogP contribution in [0.1, 0.15) is 20.3 Å². The van der Waals surface area contributed by atoms with Gasteiger partial charge in [0.2, 0.25) is 0 Å². The van der Waals surface area contributed by atoms with Crippen LogP contribution in [0.25, 0.3) is 0 Å². The number of ether oxygens (including phenoxy) is 1. The molecule has 1 saturated heterocycles. The minimum absolute atomic E-state index is 0.150. The maximum atomic E-state index is 13.0. The zero-order valence-corrected chi connectivity index (χ0v) is 11.7. The number of halogens is 1. The molecule has 1 fully saturated rings. The fourth-order valence-corrected chi connectivity index (χ4v) is 2.53. The van der Waals surface area contributed by atoms with Crippen LogP contribution in [0.3, 0.4) is 0 Å². The van der Waals surface area contributed by atoms with E-state index in [9.17, 15) is 4.39 Å². The first-order valence-corrected chi connectivity index (χ1v) is 6.84.